The van der Waals surface area contributed by atoms with Gasteiger partial charge in [0.05, 0.1) is 23.1 Å². The molecule has 32 heavy (non-hydrogen) atoms. The number of rotatable bonds is 7. The van der Waals surface area contributed by atoms with Gasteiger partial charge in [-0.1, -0.05) is 36.4 Å². The minimum atomic E-state index is -0.647. The molecule has 1 heterocycles. The van der Waals surface area contributed by atoms with Crippen molar-refractivity contribution in [2.24, 2.45) is 0 Å². The van der Waals surface area contributed by atoms with E-state index >= 15 is 0 Å². The quantitative estimate of drug-likeness (QED) is 0.486. The number of halogens is 1. The summed E-state index contributed by atoms with van der Waals surface area (Å²) in [5.41, 5.74) is 1.54. The van der Waals surface area contributed by atoms with E-state index in [0.717, 1.165) is 23.0 Å². The Morgan fingerprint density at radius 3 is 2.44 bits per heavy atom. The maximum absolute atomic E-state index is 13.5. The Morgan fingerprint density at radius 1 is 1.06 bits per heavy atom. The lowest BCUT2D eigenvalue weighted by molar-refractivity contribution is 0.0527. The molecule has 0 radical (unpaired) electrons. The van der Waals surface area contributed by atoms with Gasteiger partial charge < -0.3 is 15.4 Å². The highest BCUT2D eigenvalue weighted by atomic mass is 32.1. The molecule has 0 saturated heterocycles. The van der Waals surface area contributed by atoms with Gasteiger partial charge >= 0.3 is 5.97 Å². The lowest BCUT2D eigenvalue weighted by atomic mass is 10.1. The van der Waals surface area contributed by atoms with Crippen LogP contribution in [-0.4, -0.2) is 24.4 Å². The largest absolute Gasteiger partial charge is 0.462 e. The first-order chi connectivity index (χ1) is 15.3. The lowest BCUT2D eigenvalue weighted by Gasteiger charge is -2.14. The Hall–Kier alpha value is -3.52. The first-order valence-electron chi connectivity index (χ1n) is 10.0. The normalized spacial score (nSPS) is 11.5. The van der Waals surface area contributed by atoms with Gasteiger partial charge in [-0.3, -0.25) is 9.59 Å². The SMILES string of the molecule is CCOC(=O)c1c(NC(=O)c2cccc(F)c2)sc(C(=O)NC(C)c2ccccc2)c1C. The average Bonchev–Trinajstić information content (AvgIpc) is 3.10. The molecule has 6 nitrogen and oxygen atoms in total. The summed E-state index contributed by atoms with van der Waals surface area (Å²) in [4.78, 5) is 38.5. The third-order valence-corrected chi connectivity index (χ3v) is 6.00. The molecule has 2 aromatic carbocycles. The van der Waals surface area contributed by atoms with Crippen LogP contribution in [0.1, 0.15) is 61.4 Å². The number of anilines is 1. The zero-order valence-corrected chi connectivity index (χ0v) is 18.7. The minimum absolute atomic E-state index is 0.0922. The van der Waals surface area contributed by atoms with Gasteiger partial charge in [-0.25, -0.2) is 9.18 Å². The molecule has 1 unspecified atom stereocenters. The second kappa shape index (κ2) is 10.2. The molecule has 0 fully saturated rings. The smallest absolute Gasteiger partial charge is 0.341 e. The molecular formula is C24H23FN2O4S. The van der Waals surface area contributed by atoms with Crippen LogP contribution >= 0.6 is 11.3 Å². The van der Waals surface area contributed by atoms with Gasteiger partial charge in [-0.05, 0) is 50.1 Å². The molecular weight excluding hydrogens is 431 g/mol. The molecule has 0 spiro atoms. The van der Waals surface area contributed by atoms with E-state index in [4.69, 9.17) is 4.74 Å². The third kappa shape index (κ3) is 5.20. The predicted octanol–water partition coefficient (Wildman–Crippen LogP) is 5.12. The molecule has 1 aromatic heterocycles. The first-order valence-corrected chi connectivity index (χ1v) is 10.9. The zero-order valence-electron chi connectivity index (χ0n) is 17.9. The number of amides is 2. The Bertz CT molecular complexity index is 1140. The minimum Gasteiger partial charge on any atom is -0.462 e. The Morgan fingerprint density at radius 2 is 1.78 bits per heavy atom. The maximum atomic E-state index is 13.5. The molecule has 3 rings (SSSR count). The molecule has 2 amide bonds. The van der Waals surface area contributed by atoms with Gasteiger partial charge in [-0.2, -0.15) is 0 Å². The van der Waals surface area contributed by atoms with Crippen LogP contribution in [0.3, 0.4) is 0 Å². The second-order valence-electron chi connectivity index (χ2n) is 7.05. The average molecular weight is 455 g/mol. The number of carbonyl (C=O) groups is 3. The molecule has 1 atom stereocenters. The van der Waals surface area contributed by atoms with Gasteiger partial charge in [-0.15, -0.1) is 11.3 Å². The molecule has 0 aliphatic heterocycles. The fraction of sp³-hybridized carbons (Fsp3) is 0.208. The van der Waals surface area contributed by atoms with Crippen LogP contribution in [0, 0.1) is 12.7 Å². The summed E-state index contributed by atoms with van der Waals surface area (Å²) < 4.78 is 18.6. The number of carbonyl (C=O) groups excluding carboxylic acids is 3. The van der Waals surface area contributed by atoms with Gasteiger partial charge in [0.25, 0.3) is 11.8 Å². The summed E-state index contributed by atoms with van der Waals surface area (Å²) in [6.45, 7) is 5.29. The van der Waals surface area contributed by atoms with Crippen molar-refractivity contribution >= 4 is 34.1 Å². The van der Waals surface area contributed by atoms with E-state index < -0.39 is 17.7 Å². The summed E-state index contributed by atoms with van der Waals surface area (Å²) in [6.07, 6.45) is 0. The number of hydrogen-bond acceptors (Lipinski definition) is 5. The second-order valence-corrected chi connectivity index (χ2v) is 8.07. The molecule has 0 bridgehead atoms. The van der Waals surface area contributed by atoms with E-state index in [0.29, 0.717) is 5.56 Å². The van der Waals surface area contributed by atoms with E-state index in [1.54, 1.807) is 13.8 Å². The summed E-state index contributed by atoms with van der Waals surface area (Å²) >= 11 is 0.974. The van der Waals surface area contributed by atoms with E-state index in [1.807, 2.05) is 37.3 Å². The fourth-order valence-corrected chi connectivity index (χ4v) is 4.25. The number of hydrogen-bond donors (Lipinski definition) is 2. The fourth-order valence-electron chi connectivity index (χ4n) is 3.16. The molecule has 8 heteroatoms. The van der Waals surface area contributed by atoms with E-state index in [1.165, 1.54) is 18.2 Å². The van der Waals surface area contributed by atoms with Crippen LogP contribution in [0.5, 0.6) is 0 Å². The zero-order chi connectivity index (χ0) is 23.3. The number of nitrogens with one attached hydrogen (secondary N) is 2. The Balaban J connectivity index is 1.91. The van der Waals surface area contributed by atoms with Crippen LogP contribution in [0.2, 0.25) is 0 Å². The maximum Gasteiger partial charge on any atom is 0.341 e. The standard InChI is InChI=1S/C24H23FN2O4S/c1-4-31-24(30)19-14(2)20(22(29)26-15(3)16-9-6-5-7-10-16)32-23(19)27-21(28)17-11-8-12-18(25)13-17/h5-13,15H,4H2,1-3H3,(H,26,29)(H,27,28). The molecule has 3 aromatic rings. The van der Waals surface area contributed by atoms with Crippen LogP contribution < -0.4 is 10.6 Å². The number of esters is 1. The van der Waals surface area contributed by atoms with Gasteiger partial charge in [0.15, 0.2) is 0 Å². The van der Waals surface area contributed by atoms with Gasteiger partial charge in [0, 0.05) is 5.56 Å². The summed E-state index contributed by atoms with van der Waals surface area (Å²) in [6, 6.07) is 14.4. The topological polar surface area (TPSA) is 84.5 Å². The third-order valence-electron chi connectivity index (χ3n) is 4.79. The molecule has 2 N–H and O–H groups in total. The van der Waals surface area contributed by atoms with Crippen molar-refractivity contribution in [3.63, 3.8) is 0 Å². The predicted molar refractivity (Wildman–Crippen MR) is 122 cm³/mol. The molecule has 0 saturated carbocycles. The highest BCUT2D eigenvalue weighted by molar-refractivity contribution is 7.18. The van der Waals surface area contributed by atoms with Crippen molar-refractivity contribution in [3.8, 4) is 0 Å². The highest BCUT2D eigenvalue weighted by Gasteiger charge is 2.27. The summed E-state index contributed by atoms with van der Waals surface area (Å²) in [7, 11) is 0. The number of thiophene rings is 1. The summed E-state index contributed by atoms with van der Waals surface area (Å²) in [5.74, 6) is -2.17. The van der Waals surface area contributed by atoms with Crippen molar-refractivity contribution in [3.05, 3.63) is 87.5 Å². The number of ether oxygens (including phenoxy) is 1. The monoisotopic (exact) mass is 454 g/mol. The van der Waals surface area contributed by atoms with Crippen molar-refractivity contribution < 1.29 is 23.5 Å². The Labute approximate surface area is 189 Å². The van der Waals surface area contributed by atoms with E-state index in [-0.39, 0.29) is 39.6 Å². The van der Waals surface area contributed by atoms with Crippen LogP contribution in [0.15, 0.2) is 54.6 Å². The first kappa shape index (κ1) is 23.1. The van der Waals surface area contributed by atoms with Crippen molar-refractivity contribution in [1.29, 1.82) is 0 Å². The van der Waals surface area contributed by atoms with Crippen molar-refractivity contribution in [2.45, 2.75) is 26.8 Å². The van der Waals surface area contributed by atoms with Crippen molar-refractivity contribution in [2.75, 3.05) is 11.9 Å². The number of benzene rings is 2. The Kier molecular flexibility index (Phi) is 7.37. The van der Waals surface area contributed by atoms with Crippen LogP contribution in [-0.2, 0) is 4.74 Å². The van der Waals surface area contributed by atoms with Gasteiger partial charge in [0.2, 0.25) is 0 Å². The molecule has 0 aliphatic rings. The van der Waals surface area contributed by atoms with Gasteiger partial charge in [0.1, 0.15) is 10.8 Å². The lowest BCUT2D eigenvalue weighted by Crippen LogP contribution is -2.26. The molecule has 166 valence electrons. The van der Waals surface area contributed by atoms with Crippen LogP contribution in [0.4, 0.5) is 9.39 Å². The molecule has 0 aliphatic carbocycles. The highest BCUT2D eigenvalue weighted by Crippen LogP contribution is 2.34. The van der Waals surface area contributed by atoms with Crippen molar-refractivity contribution in [1.82, 2.24) is 5.32 Å². The van der Waals surface area contributed by atoms with E-state index in [9.17, 15) is 18.8 Å². The van der Waals surface area contributed by atoms with E-state index in [2.05, 4.69) is 10.6 Å². The summed E-state index contributed by atoms with van der Waals surface area (Å²) in [5, 5.41) is 5.71. The van der Waals surface area contributed by atoms with Crippen LogP contribution in [0.25, 0.3) is 0 Å².